The minimum atomic E-state index is 0.125. The van der Waals surface area contributed by atoms with Gasteiger partial charge in [-0.15, -0.1) is 6.42 Å². The molecule has 1 unspecified atom stereocenters. The molecule has 26 heavy (non-hydrogen) atoms. The fraction of sp³-hybridized carbons (Fsp3) is 0.348. The summed E-state index contributed by atoms with van der Waals surface area (Å²) in [6.45, 7) is 3.06. The third kappa shape index (κ3) is 7.44. The van der Waals surface area contributed by atoms with Gasteiger partial charge in [0, 0.05) is 13.0 Å². The van der Waals surface area contributed by atoms with Crippen LogP contribution in [-0.2, 0) is 17.6 Å². The Kier molecular flexibility index (Phi) is 8.29. The molecule has 0 radical (unpaired) electrons. The number of hydrogen-bond donors (Lipinski definition) is 1. The molecule has 0 saturated carbocycles. The number of amides is 1. The first-order valence-corrected chi connectivity index (χ1v) is 9.13. The van der Waals surface area contributed by atoms with E-state index in [-0.39, 0.29) is 12.5 Å². The van der Waals surface area contributed by atoms with Crippen LogP contribution in [0, 0.1) is 18.3 Å². The molecule has 0 heterocycles. The number of carbonyl (C=O) groups is 1. The van der Waals surface area contributed by atoms with Gasteiger partial charge in [0.15, 0.2) is 0 Å². The summed E-state index contributed by atoms with van der Waals surface area (Å²) in [6.07, 6.45) is 8.59. The summed E-state index contributed by atoms with van der Waals surface area (Å²) >= 11 is 0. The Morgan fingerprint density at radius 3 is 2.46 bits per heavy atom. The number of hydrogen-bond acceptors (Lipinski definition) is 2. The second kappa shape index (κ2) is 11.0. The zero-order valence-electron chi connectivity index (χ0n) is 15.4. The van der Waals surface area contributed by atoms with Gasteiger partial charge in [0.2, 0.25) is 5.91 Å². The maximum atomic E-state index is 12.1. The summed E-state index contributed by atoms with van der Waals surface area (Å²) < 4.78 is 5.35. The van der Waals surface area contributed by atoms with Gasteiger partial charge in [-0.25, -0.2) is 0 Å². The van der Waals surface area contributed by atoms with Crippen molar-refractivity contribution < 1.29 is 9.53 Å². The summed E-state index contributed by atoms with van der Waals surface area (Å²) in [4.78, 5) is 12.1. The van der Waals surface area contributed by atoms with E-state index >= 15 is 0 Å². The van der Waals surface area contributed by atoms with Crippen molar-refractivity contribution in [2.75, 3.05) is 13.2 Å². The van der Waals surface area contributed by atoms with Crippen LogP contribution >= 0.6 is 0 Å². The first-order chi connectivity index (χ1) is 12.7. The standard InChI is InChI=1S/C23H27NO2/c1-3-17-26-22-13-11-21(12-14-22)15-16-24-23(25)18-19(2)9-10-20-7-5-4-6-8-20/h1,4-8,11-14,19H,9-10,15-18H2,2H3,(H,24,25). The molecule has 1 atom stereocenters. The highest BCUT2D eigenvalue weighted by Gasteiger charge is 2.09. The molecule has 2 aromatic carbocycles. The van der Waals surface area contributed by atoms with E-state index in [0.717, 1.165) is 30.6 Å². The topological polar surface area (TPSA) is 38.3 Å². The van der Waals surface area contributed by atoms with Crippen molar-refractivity contribution in [3.63, 3.8) is 0 Å². The van der Waals surface area contributed by atoms with E-state index in [9.17, 15) is 4.79 Å². The molecule has 2 aromatic rings. The van der Waals surface area contributed by atoms with Gasteiger partial charge >= 0.3 is 0 Å². The van der Waals surface area contributed by atoms with Crippen molar-refractivity contribution >= 4 is 5.91 Å². The summed E-state index contributed by atoms with van der Waals surface area (Å²) in [7, 11) is 0. The highest BCUT2D eigenvalue weighted by Crippen LogP contribution is 2.13. The van der Waals surface area contributed by atoms with Crippen LogP contribution in [0.25, 0.3) is 0 Å². The Morgan fingerprint density at radius 1 is 1.08 bits per heavy atom. The maximum absolute atomic E-state index is 12.1. The highest BCUT2D eigenvalue weighted by atomic mass is 16.5. The average Bonchev–Trinajstić information content (AvgIpc) is 2.66. The van der Waals surface area contributed by atoms with Gasteiger partial charge < -0.3 is 10.1 Å². The van der Waals surface area contributed by atoms with Gasteiger partial charge in [0.05, 0.1) is 0 Å². The SMILES string of the molecule is C#CCOc1ccc(CCNC(=O)CC(C)CCc2ccccc2)cc1. The molecule has 0 aromatic heterocycles. The molecule has 0 fully saturated rings. The highest BCUT2D eigenvalue weighted by molar-refractivity contribution is 5.76. The molecule has 0 spiro atoms. The summed E-state index contributed by atoms with van der Waals surface area (Å²) in [5.41, 5.74) is 2.49. The minimum absolute atomic E-state index is 0.125. The largest absolute Gasteiger partial charge is 0.481 e. The molecule has 0 aliphatic heterocycles. The molecule has 3 nitrogen and oxygen atoms in total. The van der Waals surface area contributed by atoms with Gasteiger partial charge in [0.1, 0.15) is 12.4 Å². The molecule has 0 aliphatic rings. The zero-order chi connectivity index (χ0) is 18.6. The van der Waals surface area contributed by atoms with E-state index in [4.69, 9.17) is 11.2 Å². The lowest BCUT2D eigenvalue weighted by molar-refractivity contribution is -0.121. The van der Waals surface area contributed by atoms with Gasteiger partial charge in [-0.05, 0) is 48.4 Å². The lowest BCUT2D eigenvalue weighted by Crippen LogP contribution is -2.27. The van der Waals surface area contributed by atoms with Crippen molar-refractivity contribution in [1.82, 2.24) is 5.32 Å². The Morgan fingerprint density at radius 2 is 1.77 bits per heavy atom. The van der Waals surface area contributed by atoms with Gasteiger partial charge in [0.25, 0.3) is 0 Å². The Balaban J connectivity index is 1.63. The van der Waals surface area contributed by atoms with Crippen molar-refractivity contribution in [2.45, 2.75) is 32.6 Å². The van der Waals surface area contributed by atoms with Crippen LogP contribution in [0.3, 0.4) is 0 Å². The van der Waals surface area contributed by atoms with Gasteiger partial charge in [-0.3, -0.25) is 4.79 Å². The second-order valence-electron chi connectivity index (χ2n) is 6.57. The lowest BCUT2D eigenvalue weighted by Gasteiger charge is -2.12. The number of ether oxygens (including phenoxy) is 1. The van der Waals surface area contributed by atoms with Crippen LogP contribution in [0.4, 0.5) is 0 Å². The van der Waals surface area contributed by atoms with Crippen LogP contribution in [-0.4, -0.2) is 19.1 Å². The van der Waals surface area contributed by atoms with Crippen molar-refractivity contribution in [3.8, 4) is 18.1 Å². The number of aryl methyl sites for hydroxylation is 1. The number of benzene rings is 2. The Bertz CT molecular complexity index is 701. The molecular formula is C23H27NO2. The van der Waals surface area contributed by atoms with E-state index in [1.165, 1.54) is 5.56 Å². The summed E-state index contributed by atoms with van der Waals surface area (Å²) in [5, 5.41) is 3.01. The minimum Gasteiger partial charge on any atom is -0.481 e. The first kappa shape index (κ1) is 19.6. The first-order valence-electron chi connectivity index (χ1n) is 9.13. The molecular weight excluding hydrogens is 322 g/mol. The van der Waals surface area contributed by atoms with E-state index in [0.29, 0.717) is 18.9 Å². The molecule has 1 amide bonds. The van der Waals surface area contributed by atoms with Gasteiger partial charge in [-0.2, -0.15) is 0 Å². The smallest absolute Gasteiger partial charge is 0.220 e. The molecule has 1 N–H and O–H groups in total. The number of carbonyl (C=O) groups excluding carboxylic acids is 1. The molecule has 2 rings (SSSR count). The van der Waals surface area contributed by atoms with Crippen molar-refractivity contribution in [1.29, 1.82) is 0 Å². The molecule has 0 aliphatic carbocycles. The Hall–Kier alpha value is -2.73. The van der Waals surface area contributed by atoms with Crippen LogP contribution in [0.1, 0.15) is 30.9 Å². The fourth-order valence-corrected chi connectivity index (χ4v) is 2.77. The van der Waals surface area contributed by atoms with Crippen LogP contribution in [0.2, 0.25) is 0 Å². The van der Waals surface area contributed by atoms with E-state index < -0.39 is 0 Å². The monoisotopic (exact) mass is 349 g/mol. The van der Waals surface area contributed by atoms with Gasteiger partial charge in [-0.1, -0.05) is 55.3 Å². The van der Waals surface area contributed by atoms with E-state index in [1.54, 1.807) is 0 Å². The Labute approximate surface area is 156 Å². The maximum Gasteiger partial charge on any atom is 0.220 e. The predicted octanol–water partition coefficient (Wildman–Crippen LogP) is 4.02. The summed E-state index contributed by atoms with van der Waals surface area (Å²) in [6, 6.07) is 18.2. The second-order valence-corrected chi connectivity index (χ2v) is 6.57. The molecule has 0 saturated heterocycles. The fourth-order valence-electron chi connectivity index (χ4n) is 2.77. The number of terminal acetylenes is 1. The zero-order valence-corrected chi connectivity index (χ0v) is 15.4. The van der Waals surface area contributed by atoms with Crippen molar-refractivity contribution in [3.05, 3.63) is 65.7 Å². The predicted molar refractivity (Wildman–Crippen MR) is 106 cm³/mol. The molecule has 0 bridgehead atoms. The normalized spacial score (nSPS) is 11.4. The van der Waals surface area contributed by atoms with Crippen LogP contribution < -0.4 is 10.1 Å². The average molecular weight is 349 g/mol. The van der Waals surface area contributed by atoms with E-state index in [1.807, 2.05) is 30.3 Å². The third-order valence-electron chi connectivity index (χ3n) is 4.28. The number of rotatable bonds is 10. The van der Waals surface area contributed by atoms with Crippen LogP contribution in [0.5, 0.6) is 5.75 Å². The number of nitrogens with one attached hydrogen (secondary N) is 1. The summed E-state index contributed by atoms with van der Waals surface area (Å²) in [5.74, 6) is 3.71. The molecule has 3 heteroatoms. The van der Waals surface area contributed by atoms with Crippen LogP contribution in [0.15, 0.2) is 54.6 Å². The van der Waals surface area contributed by atoms with Crippen molar-refractivity contribution in [2.24, 2.45) is 5.92 Å². The third-order valence-corrected chi connectivity index (χ3v) is 4.28. The van der Waals surface area contributed by atoms with E-state index in [2.05, 4.69) is 42.4 Å². The molecule has 136 valence electrons. The lowest BCUT2D eigenvalue weighted by atomic mass is 9.98. The quantitative estimate of drug-likeness (QED) is 0.658.